The van der Waals surface area contributed by atoms with Gasteiger partial charge in [-0.25, -0.2) is 8.42 Å². The Hall–Kier alpha value is -0.800. The number of tetrazole rings is 1. The highest BCUT2D eigenvalue weighted by Gasteiger charge is 2.43. The molecule has 1 heterocycles. The van der Waals surface area contributed by atoms with E-state index in [-0.39, 0.29) is 5.16 Å². The molecule has 0 saturated heterocycles. The summed E-state index contributed by atoms with van der Waals surface area (Å²) in [6, 6.07) is 8.88. The van der Waals surface area contributed by atoms with Crippen LogP contribution in [0.4, 0.5) is 0 Å². The predicted octanol–water partition coefficient (Wildman–Crippen LogP) is 2.68. The summed E-state index contributed by atoms with van der Waals surface area (Å²) in [6.07, 6.45) is 1.07. The molecule has 0 fully saturated rings. The van der Waals surface area contributed by atoms with Crippen molar-refractivity contribution in [3.05, 3.63) is 30.3 Å². The van der Waals surface area contributed by atoms with Crippen LogP contribution < -0.4 is 0 Å². The van der Waals surface area contributed by atoms with Crippen LogP contribution in [-0.2, 0) is 9.84 Å². The van der Waals surface area contributed by atoms with E-state index in [1.54, 1.807) is 24.3 Å². The number of aromatic nitrogens is 4. The first-order valence-electron chi connectivity index (χ1n) is 5.86. The maximum absolute atomic E-state index is 12.6. The minimum atomic E-state index is -3.78. The van der Waals surface area contributed by atoms with Crippen LogP contribution in [0.1, 0.15) is 19.8 Å². The molecular weight excluding hydrogens is 412 g/mol. The van der Waals surface area contributed by atoms with E-state index in [1.807, 2.05) is 13.0 Å². The summed E-state index contributed by atoms with van der Waals surface area (Å²) in [5.74, 6) is 0. The topological polar surface area (TPSA) is 77.7 Å². The van der Waals surface area contributed by atoms with Gasteiger partial charge in [0.25, 0.3) is 5.16 Å². The number of halogens is 2. The Balaban J connectivity index is 2.53. The van der Waals surface area contributed by atoms with Crippen molar-refractivity contribution in [2.75, 3.05) is 0 Å². The van der Waals surface area contributed by atoms with E-state index in [4.69, 9.17) is 0 Å². The second-order valence-corrected chi connectivity index (χ2v) is 11.0. The Bertz CT molecular complexity index is 685. The van der Waals surface area contributed by atoms with Gasteiger partial charge in [-0.15, -0.1) is 0 Å². The zero-order valence-electron chi connectivity index (χ0n) is 10.6. The molecule has 0 bridgehead atoms. The number of hydrogen-bond donors (Lipinski definition) is 0. The fraction of sp³-hybridized carbons (Fsp3) is 0.364. The fourth-order valence-electron chi connectivity index (χ4n) is 1.64. The van der Waals surface area contributed by atoms with Gasteiger partial charge in [0, 0.05) is 0 Å². The lowest BCUT2D eigenvalue weighted by Gasteiger charge is -2.19. The Labute approximate surface area is 133 Å². The Kier molecular flexibility index (Phi) is 4.60. The van der Waals surface area contributed by atoms with Gasteiger partial charge in [-0.3, -0.25) is 0 Å². The maximum atomic E-state index is 12.6. The molecule has 1 aromatic heterocycles. The van der Waals surface area contributed by atoms with Crippen LogP contribution in [0.25, 0.3) is 5.69 Å². The third kappa shape index (κ3) is 2.79. The van der Waals surface area contributed by atoms with E-state index >= 15 is 0 Å². The van der Waals surface area contributed by atoms with Gasteiger partial charge in [-0.05, 0) is 29.0 Å². The summed E-state index contributed by atoms with van der Waals surface area (Å²) < 4.78 is 25.2. The minimum Gasteiger partial charge on any atom is -0.218 e. The number of benzene rings is 1. The molecule has 108 valence electrons. The first-order valence-corrected chi connectivity index (χ1v) is 8.93. The second-order valence-electron chi connectivity index (χ2n) is 4.10. The molecule has 20 heavy (non-hydrogen) atoms. The van der Waals surface area contributed by atoms with Crippen molar-refractivity contribution >= 4 is 41.7 Å². The summed E-state index contributed by atoms with van der Waals surface area (Å²) in [6.45, 7) is 1.90. The lowest BCUT2D eigenvalue weighted by atomic mass is 10.3. The van der Waals surface area contributed by atoms with Crippen LogP contribution in [0.3, 0.4) is 0 Å². The van der Waals surface area contributed by atoms with Gasteiger partial charge in [-0.1, -0.05) is 68.5 Å². The van der Waals surface area contributed by atoms with Gasteiger partial charge in [0.1, 0.15) is 0 Å². The molecule has 0 N–H and O–H groups in total. The molecule has 1 aromatic carbocycles. The zero-order chi connectivity index (χ0) is 14.8. The molecule has 9 heteroatoms. The molecule has 0 unspecified atom stereocenters. The molecular formula is C11H12Br2N4O2S. The zero-order valence-corrected chi connectivity index (χ0v) is 14.6. The first-order chi connectivity index (χ1) is 9.40. The molecule has 2 aromatic rings. The molecule has 0 aliphatic heterocycles. The van der Waals surface area contributed by atoms with Crippen molar-refractivity contribution in [1.82, 2.24) is 20.2 Å². The third-order valence-electron chi connectivity index (χ3n) is 2.62. The number of nitrogens with zero attached hydrogens (tertiary/aromatic N) is 4. The smallest absolute Gasteiger partial charge is 0.218 e. The van der Waals surface area contributed by atoms with Crippen LogP contribution in [0, 0.1) is 0 Å². The Morgan fingerprint density at radius 2 is 1.90 bits per heavy atom. The van der Waals surface area contributed by atoms with Crippen LogP contribution in [-0.4, -0.2) is 31.2 Å². The highest BCUT2D eigenvalue weighted by molar-refractivity contribution is 9.27. The normalized spacial score (nSPS) is 12.6. The first kappa shape index (κ1) is 15.6. The van der Waals surface area contributed by atoms with Crippen molar-refractivity contribution in [3.8, 4) is 5.69 Å². The van der Waals surface area contributed by atoms with Gasteiger partial charge < -0.3 is 0 Å². The van der Waals surface area contributed by atoms with Gasteiger partial charge in [0.15, 0.2) is 2.57 Å². The minimum absolute atomic E-state index is 0.203. The quantitative estimate of drug-likeness (QED) is 0.690. The summed E-state index contributed by atoms with van der Waals surface area (Å²) >= 11 is 6.42. The highest BCUT2D eigenvalue weighted by atomic mass is 79.9. The summed E-state index contributed by atoms with van der Waals surface area (Å²) in [5.41, 5.74) is 0.586. The number of sulfone groups is 1. The molecule has 0 atom stereocenters. The van der Waals surface area contributed by atoms with E-state index in [0.29, 0.717) is 18.5 Å². The van der Waals surface area contributed by atoms with Gasteiger partial charge >= 0.3 is 0 Å². The lowest BCUT2D eigenvalue weighted by molar-refractivity contribution is 0.571. The highest BCUT2D eigenvalue weighted by Crippen LogP contribution is 2.40. The van der Waals surface area contributed by atoms with E-state index in [0.717, 1.165) is 0 Å². The van der Waals surface area contributed by atoms with E-state index in [2.05, 4.69) is 47.4 Å². The van der Waals surface area contributed by atoms with Crippen molar-refractivity contribution < 1.29 is 8.42 Å². The lowest BCUT2D eigenvalue weighted by Crippen LogP contribution is -2.28. The second kappa shape index (κ2) is 5.90. The fourth-order valence-corrected chi connectivity index (χ4v) is 4.55. The summed E-state index contributed by atoms with van der Waals surface area (Å²) in [5, 5.41) is 10.7. The van der Waals surface area contributed by atoms with E-state index < -0.39 is 12.4 Å². The third-order valence-corrected chi connectivity index (χ3v) is 7.69. The molecule has 0 radical (unpaired) electrons. The Morgan fingerprint density at radius 3 is 2.50 bits per heavy atom. The molecule has 0 aliphatic carbocycles. The number of rotatable bonds is 5. The molecule has 0 amide bonds. The SMILES string of the molecule is CCCC(Br)(Br)S(=O)(=O)c1nnnn1-c1ccccc1. The van der Waals surface area contributed by atoms with Crippen molar-refractivity contribution in [3.63, 3.8) is 0 Å². The van der Waals surface area contributed by atoms with E-state index in [9.17, 15) is 8.42 Å². The average Bonchev–Trinajstić information content (AvgIpc) is 2.89. The molecule has 0 spiro atoms. The predicted molar refractivity (Wildman–Crippen MR) is 81.8 cm³/mol. The van der Waals surface area contributed by atoms with Gasteiger partial charge in [-0.2, -0.15) is 4.68 Å². The monoisotopic (exact) mass is 422 g/mol. The van der Waals surface area contributed by atoms with Crippen LogP contribution in [0.5, 0.6) is 0 Å². The number of para-hydroxylation sites is 1. The van der Waals surface area contributed by atoms with Crippen LogP contribution >= 0.6 is 31.9 Å². The summed E-state index contributed by atoms with van der Waals surface area (Å²) in [4.78, 5) is 0. The molecule has 0 aliphatic rings. The maximum Gasteiger partial charge on any atom is 0.274 e. The van der Waals surface area contributed by atoms with Crippen molar-refractivity contribution in [1.29, 1.82) is 0 Å². The largest absolute Gasteiger partial charge is 0.274 e. The molecule has 6 nitrogen and oxygen atoms in total. The number of hydrogen-bond acceptors (Lipinski definition) is 5. The van der Waals surface area contributed by atoms with Crippen LogP contribution in [0.15, 0.2) is 35.5 Å². The molecule has 2 rings (SSSR count). The summed E-state index contributed by atoms with van der Waals surface area (Å²) in [7, 11) is -3.78. The number of alkyl halides is 2. The molecule has 0 saturated carbocycles. The van der Waals surface area contributed by atoms with Crippen molar-refractivity contribution in [2.24, 2.45) is 0 Å². The van der Waals surface area contributed by atoms with Gasteiger partial charge in [0.2, 0.25) is 9.84 Å². The average molecular weight is 424 g/mol. The van der Waals surface area contributed by atoms with Gasteiger partial charge in [0.05, 0.1) is 5.69 Å². The standard InChI is InChI=1S/C11H12Br2N4O2S/c1-2-8-11(12,13)20(18,19)10-14-15-16-17(10)9-6-4-3-5-7-9/h3-7H,2,8H2,1H3. The van der Waals surface area contributed by atoms with Crippen LogP contribution in [0.2, 0.25) is 0 Å². The Morgan fingerprint density at radius 1 is 1.25 bits per heavy atom. The van der Waals surface area contributed by atoms with E-state index in [1.165, 1.54) is 4.68 Å². The van der Waals surface area contributed by atoms with Crippen molar-refractivity contribution in [2.45, 2.75) is 27.5 Å².